The molecule has 0 spiro atoms. The Hall–Kier alpha value is 0.733. The van der Waals surface area contributed by atoms with E-state index in [0.717, 1.165) is 4.47 Å². The molecule has 0 fully saturated rings. The van der Waals surface area contributed by atoms with Crippen LogP contribution in [0.2, 0.25) is 0 Å². The molecular weight excluding hydrogens is 299 g/mol. The fourth-order valence-corrected chi connectivity index (χ4v) is 0.556. The van der Waals surface area contributed by atoms with Crippen LogP contribution in [0.4, 0.5) is 0 Å². The van der Waals surface area contributed by atoms with Gasteiger partial charge in [0.25, 0.3) is 0 Å². The van der Waals surface area contributed by atoms with E-state index in [0.29, 0.717) is 0 Å². The van der Waals surface area contributed by atoms with Crippen LogP contribution in [-0.2, 0) is 16.3 Å². The SMILES string of the molecule is Brc1c[c-]cnc1.[Zn+][Br]. The van der Waals surface area contributed by atoms with Gasteiger partial charge in [-0.1, -0.05) is 6.20 Å². The van der Waals surface area contributed by atoms with Crippen molar-refractivity contribution in [1.29, 1.82) is 0 Å². The zero-order valence-electron chi connectivity index (χ0n) is 4.64. The zero-order valence-corrected chi connectivity index (χ0v) is 10.8. The summed E-state index contributed by atoms with van der Waals surface area (Å²) in [6.07, 6.45) is 3.33. The van der Waals surface area contributed by atoms with E-state index >= 15 is 0 Å². The molecule has 1 aromatic rings. The van der Waals surface area contributed by atoms with Crippen molar-refractivity contribution in [2.45, 2.75) is 0 Å². The van der Waals surface area contributed by atoms with Crippen LogP contribution in [0.25, 0.3) is 0 Å². The topological polar surface area (TPSA) is 12.9 Å². The molecule has 0 aliphatic rings. The van der Waals surface area contributed by atoms with Gasteiger partial charge in [-0.3, -0.25) is 0 Å². The molecule has 0 radical (unpaired) electrons. The Morgan fingerprint density at radius 3 is 2.44 bits per heavy atom. The number of halogens is 2. The van der Waals surface area contributed by atoms with Crippen LogP contribution in [0.5, 0.6) is 0 Å². The normalized spacial score (nSPS) is 7.56. The van der Waals surface area contributed by atoms with Gasteiger partial charge < -0.3 is 4.98 Å². The predicted octanol–water partition coefficient (Wildman–Crippen LogP) is 2.49. The second-order valence-corrected chi connectivity index (χ2v) is 2.02. The summed E-state index contributed by atoms with van der Waals surface area (Å²) in [4.78, 5) is 3.78. The molecule has 1 rings (SSSR count). The zero-order chi connectivity index (χ0) is 7.11. The molecule has 4 heteroatoms. The van der Waals surface area contributed by atoms with E-state index in [2.05, 4.69) is 40.6 Å². The third-order valence-electron chi connectivity index (χ3n) is 0.568. The van der Waals surface area contributed by atoms with Crippen molar-refractivity contribution in [1.82, 2.24) is 4.98 Å². The second kappa shape index (κ2) is 6.85. The fraction of sp³-hybridized carbons (Fsp3) is 0. The summed E-state index contributed by atoms with van der Waals surface area (Å²) < 4.78 is 0.968. The summed E-state index contributed by atoms with van der Waals surface area (Å²) in [5.41, 5.74) is 0. The van der Waals surface area contributed by atoms with Gasteiger partial charge in [-0.15, -0.1) is 4.47 Å². The summed E-state index contributed by atoms with van der Waals surface area (Å²) in [6, 6.07) is 4.62. The molecule has 0 amide bonds. The number of pyridine rings is 1. The molecule has 0 bridgehead atoms. The third kappa shape index (κ3) is 5.19. The van der Waals surface area contributed by atoms with Gasteiger partial charge in [0.2, 0.25) is 0 Å². The standard InChI is InChI=1S/C5H3BrN.BrH.Zn/c6-5-2-1-3-7-4-5;;/h2-4H;1H;/q-1;;+2/p-1. The predicted molar refractivity (Wildman–Crippen MR) is 39.7 cm³/mol. The van der Waals surface area contributed by atoms with Gasteiger partial charge in [-0.2, -0.15) is 15.9 Å². The van der Waals surface area contributed by atoms with Gasteiger partial charge in [0.1, 0.15) is 0 Å². The van der Waals surface area contributed by atoms with Gasteiger partial charge in [0.05, 0.1) is 0 Å². The Morgan fingerprint density at radius 2 is 2.22 bits per heavy atom. The minimum absolute atomic E-state index is 0.968. The Morgan fingerprint density at radius 1 is 1.56 bits per heavy atom. The number of rotatable bonds is 0. The average molecular weight is 302 g/mol. The Bertz CT molecular complexity index is 145. The van der Waals surface area contributed by atoms with E-state index in [9.17, 15) is 0 Å². The van der Waals surface area contributed by atoms with Gasteiger partial charge in [-0.25, -0.2) is 12.1 Å². The molecule has 1 nitrogen and oxygen atoms in total. The van der Waals surface area contributed by atoms with Crippen LogP contribution >= 0.6 is 29.6 Å². The molecule has 1 heterocycles. The number of hydrogen-bond donors (Lipinski definition) is 0. The third-order valence-corrected chi connectivity index (χ3v) is 1.00. The van der Waals surface area contributed by atoms with Crippen molar-refractivity contribution in [3.63, 3.8) is 0 Å². The molecule has 0 saturated carbocycles. The van der Waals surface area contributed by atoms with Crippen molar-refractivity contribution in [3.8, 4) is 0 Å². The molecule has 0 N–H and O–H groups in total. The van der Waals surface area contributed by atoms with E-state index in [1.54, 1.807) is 12.4 Å². The van der Waals surface area contributed by atoms with Crippen LogP contribution in [0.1, 0.15) is 0 Å². The van der Waals surface area contributed by atoms with Crippen molar-refractivity contribution >= 4 is 29.6 Å². The van der Waals surface area contributed by atoms with E-state index < -0.39 is 0 Å². The maximum absolute atomic E-state index is 3.78. The summed E-state index contributed by atoms with van der Waals surface area (Å²) in [5, 5.41) is 0. The van der Waals surface area contributed by atoms with Crippen molar-refractivity contribution in [2.24, 2.45) is 0 Å². The van der Waals surface area contributed by atoms with Crippen molar-refractivity contribution < 1.29 is 16.3 Å². The first-order valence-electron chi connectivity index (χ1n) is 2.13. The van der Waals surface area contributed by atoms with Crippen LogP contribution in [0.3, 0.4) is 0 Å². The first kappa shape index (κ1) is 9.73. The molecule has 44 valence electrons. The summed E-state index contributed by atoms with van der Waals surface area (Å²) in [7, 11) is 0. The van der Waals surface area contributed by atoms with Crippen LogP contribution in [0, 0.1) is 6.07 Å². The van der Waals surface area contributed by atoms with Crippen molar-refractivity contribution in [3.05, 3.63) is 29.0 Å². The maximum atomic E-state index is 3.78. The summed E-state index contributed by atoms with van der Waals surface area (Å²) >= 11 is 7.47. The number of hydrogen-bond acceptors (Lipinski definition) is 1. The van der Waals surface area contributed by atoms with Gasteiger partial charge in [0, 0.05) is 0 Å². The molecule has 9 heavy (non-hydrogen) atoms. The van der Waals surface area contributed by atoms with E-state index in [4.69, 9.17) is 0 Å². The average Bonchev–Trinajstić information content (AvgIpc) is 1.94. The Labute approximate surface area is 79.4 Å². The molecule has 0 aliphatic carbocycles. The van der Waals surface area contributed by atoms with Gasteiger partial charge >= 0.3 is 30.0 Å². The number of nitrogens with zero attached hydrogens (tertiary/aromatic N) is 1. The summed E-state index contributed by atoms with van der Waals surface area (Å²) in [5.74, 6) is 0. The summed E-state index contributed by atoms with van der Waals surface area (Å²) in [6.45, 7) is 0. The first-order chi connectivity index (χ1) is 4.39. The van der Waals surface area contributed by atoms with Gasteiger partial charge in [-0.05, 0) is 6.20 Å². The van der Waals surface area contributed by atoms with Gasteiger partial charge in [0.15, 0.2) is 0 Å². The van der Waals surface area contributed by atoms with Crippen LogP contribution in [0.15, 0.2) is 22.9 Å². The van der Waals surface area contributed by atoms with Crippen LogP contribution in [-0.4, -0.2) is 4.98 Å². The Kier molecular flexibility index (Phi) is 7.41. The van der Waals surface area contributed by atoms with E-state index in [1.807, 2.05) is 6.07 Å². The molecular formula is C5H3Br2NZn. The van der Waals surface area contributed by atoms with E-state index in [1.165, 1.54) is 16.3 Å². The minimum atomic E-state index is 0.968. The molecule has 1 aromatic heterocycles. The number of aromatic nitrogens is 1. The Balaban J connectivity index is 0.000000291. The van der Waals surface area contributed by atoms with Crippen LogP contribution < -0.4 is 0 Å². The monoisotopic (exact) mass is 299 g/mol. The first-order valence-corrected chi connectivity index (χ1v) is 9.87. The molecule has 0 aromatic carbocycles. The molecule has 0 atom stereocenters. The molecule has 0 saturated heterocycles. The molecule has 0 aliphatic heterocycles. The second-order valence-electron chi connectivity index (χ2n) is 1.10. The molecule has 0 unspecified atom stereocenters. The van der Waals surface area contributed by atoms with Crippen molar-refractivity contribution in [2.75, 3.05) is 0 Å². The quantitative estimate of drug-likeness (QED) is 0.530. The van der Waals surface area contributed by atoms with E-state index in [-0.39, 0.29) is 0 Å². The fourth-order valence-electron chi connectivity index (χ4n) is 0.306.